The minimum Gasteiger partial charge on any atom is -0.494 e. The van der Waals surface area contributed by atoms with Crippen LogP contribution in [0.15, 0.2) is 48.5 Å². The lowest BCUT2D eigenvalue weighted by atomic mass is 10.2. The molecule has 0 heterocycles. The van der Waals surface area contributed by atoms with Gasteiger partial charge in [-0.3, -0.25) is 4.79 Å². The number of carbonyl (C=O) groups is 1. The lowest BCUT2D eigenvalue weighted by Crippen LogP contribution is -2.39. The number of halogens is 1. The van der Waals surface area contributed by atoms with Crippen LogP contribution < -0.4 is 10.1 Å². The average molecular weight is 394 g/mol. The first-order chi connectivity index (χ1) is 12.8. The molecule has 1 amide bonds. The summed E-state index contributed by atoms with van der Waals surface area (Å²) in [6.07, 6.45) is 0.994. The van der Waals surface area contributed by atoms with Crippen molar-refractivity contribution in [2.45, 2.75) is 20.0 Å². The highest BCUT2D eigenvalue weighted by atomic mass is 32.2. The first-order valence-corrected chi connectivity index (χ1v) is 10.3. The van der Waals surface area contributed by atoms with E-state index in [1.54, 1.807) is 18.2 Å². The van der Waals surface area contributed by atoms with Crippen LogP contribution in [0.4, 0.5) is 4.39 Å². The maximum Gasteiger partial charge on any atom is 0.235 e. The molecule has 0 aromatic heterocycles. The Labute approximate surface area is 159 Å². The summed E-state index contributed by atoms with van der Waals surface area (Å²) in [6, 6.07) is 13.1. The Kier molecular flexibility index (Phi) is 7.32. The zero-order valence-electron chi connectivity index (χ0n) is 15.3. The molecule has 2 aromatic rings. The number of amides is 1. The molecule has 0 saturated heterocycles. The lowest BCUT2D eigenvalue weighted by molar-refractivity contribution is -0.121. The van der Waals surface area contributed by atoms with Gasteiger partial charge >= 0.3 is 0 Å². The Morgan fingerprint density at radius 1 is 1.15 bits per heavy atom. The summed E-state index contributed by atoms with van der Waals surface area (Å²) in [6.45, 7) is 2.12. The van der Waals surface area contributed by atoms with Crippen molar-refractivity contribution in [1.29, 1.82) is 0 Å². The van der Waals surface area contributed by atoms with Crippen LogP contribution >= 0.6 is 0 Å². The molecule has 0 spiro atoms. The molecule has 27 heavy (non-hydrogen) atoms. The van der Waals surface area contributed by atoms with E-state index in [1.807, 2.05) is 19.1 Å². The third-order valence-corrected chi connectivity index (χ3v) is 5.01. The van der Waals surface area contributed by atoms with E-state index in [9.17, 15) is 17.6 Å². The number of benzene rings is 2. The number of carbonyl (C=O) groups excluding carboxylic acids is 1. The van der Waals surface area contributed by atoms with Gasteiger partial charge in [-0.2, -0.15) is 4.31 Å². The molecule has 0 radical (unpaired) electrons. The Bertz CT molecular complexity index is 870. The van der Waals surface area contributed by atoms with Gasteiger partial charge in [0, 0.05) is 18.7 Å². The summed E-state index contributed by atoms with van der Waals surface area (Å²) in [5.74, 6) is -0.243. The van der Waals surface area contributed by atoms with E-state index >= 15 is 0 Å². The van der Waals surface area contributed by atoms with Gasteiger partial charge in [0.05, 0.1) is 19.4 Å². The molecule has 0 unspecified atom stereocenters. The molecule has 1 N–H and O–H groups in total. The number of rotatable bonds is 9. The fourth-order valence-corrected chi connectivity index (χ4v) is 3.12. The first-order valence-electron chi connectivity index (χ1n) is 8.46. The molecule has 2 aromatic carbocycles. The first kappa shape index (κ1) is 20.9. The molecule has 0 saturated carbocycles. The van der Waals surface area contributed by atoms with Gasteiger partial charge in [0.2, 0.25) is 15.9 Å². The smallest absolute Gasteiger partial charge is 0.235 e. The maximum atomic E-state index is 13.8. The van der Waals surface area contributed by atoms with Crippen LogP contribution in [0.3, 0.4) is 0 Å². The fraction of sp³-hybridized carbons (Fsp3) is 0.316. The second-order valence-corrected chi connectivity index (χ2v) is 7.96. The second-order valence-electron chi connectivity index (χ2n) is 5.98. The normalized spacial score (nSPS) is 11.4. The van der Waals surface area contributed by atoms with Gasteiger partial charge in [-0.05, 0) is 30.7 Å². The van der Waals surface area contributed by atoms with Gasteiger partial charge < -0.3 is 10.1 Å². The number of sulfonamides is 1. The number of hydrogen-bond acceptors (Lipinski definition) is 4. The second kappa shape index (κ2) is 9.48. The van der Waals surface area contributed by atoms with E-state index in [-0.39, 0.29) is 25.2 Å². The van der Waals surface area contributed by atoms with Gasteiger partial charge in [-0.1, -0.05) is 30.3 Å². The molecular formula is C19H23FN2O4S. The summed E-state index contributed by atoms with van der Waals surface area (Å²) < 4.78 is 44.0. The maximum absolute atomic E-state index is 13.8. The minimum atomic E-state index is -3.68. The largest absolute Gasteiger partial charge is 0.494 e. The van der Waals surface area contributed by atoms with Gasteiger partial charge in [0.25, 0.3) is 0 Å². The number of hydrogen-bond donors (Lipinski definition) is 1. The van der Waals surface area contributed by atoms with E-state index in [1.165, 1.54) is 18.2 Å². The molecule has 8 heteroatoms. The van der Waals surface area contributed by atoms with E-state index < -0.39 is 21.7 Å². The molecule has 2 rings (SSSR count). The summed E-state index contributed by atoms with van der Waals surface area (Å²) in [4.78, 5) is 12.2. The molecule has 0 bridgehead atoms. The Morgan fingerprint density at radius 3 is 2.41 bits per heavy atom. The monoisotopic (exact) mass is 394 g/mol. The van der Waals surface area contributed by atoms with E-state index in [2.05, 4.69) is 5.32 Å². The molecule has 6 nitrogen and oxygen atoms in total. The van der Waals surface area contributed by atoms with Gasteiger partial charge in [0.15, 0.2) is 0 Å². The van der Waals surface area contributed by atoms with Crippen molar-refractivity contribution < 1.29 is 22.3 Å². The molecule has 146 valence electrons. The van der Waals surface area contributed by atoms with Crippen LogP contribution in [0.2, 0.25) is 0 Å². The van der Waals surface area contributed by atoms with Crippen molar-refractivity contribution in [3.05, 3.63) is 65.5 Å². The molecule has 0 aliphatic carbocycles. The van der Waals surface area contributed by atoms with E-state index in [0.717, 1.165) is 21.9 Å². The van der Waals surface area contributed by atoms with Crippen molar-refractivity contribution in [2.75, 3.05) is 19.4 Å². The van der Waals surface area contributed by atoms with Gasteiger partial charge in [-0.25, -0.2) is 12.8 Å². The van der Waals surface area contributed by atoms with Crippen LogP contribution in [0.1, 0.15) is 18.1 Å². The minimum absolute atomic E-state index is 0.206. The predicted octanol–water partition coefficient (Wildman–Crippen LogP) is 2.30. The van der Waals surface area contributed by atoms with Crippen LogP contribution in [0.25, 0.3) is 0 Å². The fourth-order valence-electron chi connectivity index (χ4n) is 2.39. The standard InChI is InChI=1S/C19H23FN2O4S/c1-3-26-17-10-8-15(9-11-17)12-21-19(23)14-22(27(2,24)25)13-16-6-4-5-7-18(16)20/h4-11H,3,12-14H2,1-2H3,(H,21,23). The summed E-state index contributed by atoms with van der Waals surface area (Å²) in [7, 11) is -3.68. The number of ether oxygens (including phenoxy) is 1. The van der Waals surface area contributed by atoms with Crippen LogP contribution in [0.5, 0.6) is 5.75 Å². The van der Waals surface area contributed by atoms with Gasteiger partial charge in [-0.15, -0.1) is 0 Å². The Hall–Kier alpha value is -2.45. The summed E-state index contributed by atoms with van der Waals surface area (Å²) in [5.41, 5.74) is 1.06. The Morgan fingerprint density at radius 2 is 1.81 bits per heavy atom. The molecule has 0 fully saturated rings. The van der Waals surface area contributed by atoms with Gasteiger partial charge in [0.1, 0.15) is 11.6 Å². The predicted molar refractivity (Wildman–Crippen MR) is 101 cm³/mol. The molecule has 0 aliphatic rings. The zero-order valence-corrected chi connectivity index (χ0v) is 16.1. The summed E-state index contributed by atoms with van der Waals surface area (Å²) >= 11 is 0. The summed E-state index contributed by atoms with van der Waals surface area (Å²) in [5, 5.41) is 2.67. The highest BCUT2D eigenvalue weighted by Crippen LogP contribution is 2.13. The van der Waals surface area contributed by atoms with Crippen LogP contribution in [-0.4, -0.2) is 38.0 Å². The van der Waals surface area contributed by atoms with E-state index in [4.69, 9.17) is 4.74 Å². The third-order valence-electron chi connectivity index (χ3n) is 3.82. The third kappa shape index (κ3) is 6.65. The lowest BCUT2D eigenvalue weighted by Gasteiger charge is -2.20. The van der Waals surface area contributed by atoms with Crippen molar-refractivity contribution in [2.24, 2.45) is 0 Å². The zero-order chi connectivity index (χ0) is 19.9. The number of nitrogens with zero attached hydrogens (tertiary/aromatic N) is 1. The van der Waals surface area contributed by atoms with Crippen molar-refractivity contribution in [3.63, 3.8) is 0 Å². The molecule has 0 aliphatic heterocycles. The topological polar surface area (TPSA) is 75.7 Å². The van der Waals surface area contributed by atoms with Crippen molar-refractivity contribution in [1.82, 2.24) is 9.62 Å². The number of nitrogens with one attached hydrogen (secondary N) is 1. The Balaban J connectivity index is 1.96. The molecular weight excluding hydrogens is 371 g/mol. The van der Waals surface area contributed by atoms with Crippen molar-refractivity contribution >= 4 is 15.9 Å². The van der Waals surface area contributed by atoms with Crippen LogP contribution in [-0.2, 0) is 27.9 Å². The van der Waals surface area contributed by atoms with Crippen LogP contribution in [0, 0.1) is 5.82 Å². The molecule has 0 atom stereocenters. The van der Waals surface area contributed by atoms with Crippen molar-refractivity contribution in [3.8, 4) is 5.75 Å². The average Bonchev–Trinajstić information content (AvgIpc) is 2.62. The highest BCUT2D eigenvalue weighted by Gasteiger charge is 2.21. The van der Waals surface area contributed by atoms with E-state index in [0.29, 0.717) is 6.61 Å². The SMILES string of the molecule is CCOc1ccc(CNC(=O)CN(Cc2ccccc2F)S(C)(=O)=O)cc1. The highest BCUT2D eigenvalue weighted by molar-refractivity contribution is 7.88. The quantitative estimate of drug-likeness (QED) is 0.708.